The van der Waals surface area contributed by atoms with Gasteiger partial charge in [-0.3, -0.25) is 5.41 Å². The summed E-state index contributed by atoms with van der Waals surface area (Å²) in [6.45, 7) is 2.28. The average molecular weight is 409 g/mol. The molecule has 4 aromatic rings. The Kier molecular flexibility index (Phi) is 4.47. The summed E-state index contributed by atoms with van der Waals surface area (Å²) in [6.07, 6.45) is 0. The normalized spacial score (nSPS) is 14.0. The molecule has 2 heterocycles. The number of aliphatic hydroxyl groups excluding tert-OH is 1. The van der Waals surface area contributed by atoms with Crippen LogP contribution in [0.1, 0.15) is 11.4 Å². The van der Waals surface area contributed by atoms with Crippen LogP contribution in [0, 0.1) is 12.3 Å². The predicted octanol–water partition coefficient (Wildman–Crippen LogP) is 5.39. The van der Waals surface area contributed by atoms with Gasteiger partial charge < -0.3 is 19.9 Å². The number of rotatable bonds is 4. The fourth-order valence-corrected chi connectivity index (χ4v) is 3.98. The maximum absolute atomic E-state index is 10.7. The van der Waals surface area contributed by atoms with Crippen LogP contribution in [-0.2, 0) is 7.05 Å². The number of para-hydroxylation sites is 1. The average Bonchev–Trinajstić information content (AvgIpc) is 3.24. The zero-order valence-electron chi connectivity index (χ0n) is 17.4. The summed E-state index contributed by atoms with van der Waals surface area (Å²) in [4.78, 5) is 6.51. The summed E-state index contributed by atoms with van der Waals surface area (Å²) in [5.41, 5.74) is 6.26. The number of hydrogen-bond donors (Lipinski definition) is 3. The zero-order valence-corrected chi connectivity index (χ0v) is 17.4. The van der Waals surface area contributed by atoms with Crippen molar-refractivity contribution in [3.63, 3.8) is 0 Å². The Labute approximate surface area is 180 Å². The molecule has 0 unspecified atom stereocenters. The van der Waals surface area contributed by atoms with E-state index in [0.29, 0.717) is 11.4 Å². The minimum absolute atomic E-state index is 0.159. The summed E-state index contributed by atoms with van der Waals surface area (Å²) < 4.78 is 1.94. The van der Waals surface area contributed by atoms with Crippen LogP contribution in [0.3, 0.4) is 0 Å². The lowest BCUT2D eigenvalue weighted by atomic mass is 10.2. The highest BCUT2D eigenvalue weighted by atomic mass is 16.3. The van der Waals surface area contributed by atoms with Gasteiger partial charge in [0.25, 0.3) is 0 Å². The molecule has 3 N–H and O–H groups in total. The van der Waals surface area contributed by atoms with Crippen molar-refractivity contribution in [1.82, 2.24) is 9.55 Å². The highest BCUT2D eigenvalue weighted by Gasteiger charge is 2.32. The third-order valence-corrected chi connectivity index (χ3v) is 5.60. The first kappa shape index (κ1) is 18.9. The van der Waals surface area contributed by atoms with E-state index in [1.807, 2.05) is 91.3 Å². The van der Waals surface area contributed by atoms with Gasteiger partial charge in [0, 0.05) is 24.1 Å². The lowest BCUT2D eigenvalue weighted by Crippen LogP contribution is -2.26. The van der Waals surface area contributed by atoms with Crippen LogP contribution >= 0.6 is 0 Å². The third kappa shape index (κ3) is 3.32. The number of aromatic nitrogens is 2. The Bertz CT molecular complexity index is 1320. The molecule has 0 saturated carbocycles. The van der Waals surface area contributed by atoms with Crippen LogP contribution in [0.2, 0.25) is 0 Å². The highest BCUT2D eigenvalue weighted by Crippen LogP contribution is 2.33. The molecule has 31 heavy (non-hydrogen) atoms. The number of fused-ring (bicyclic) bond motifs is 1. The SMILES string of the molecule is Cc1ccc2c(c1)nc(C1=C(O)CN(c3ccc(Nc4ccccc4)cc3)C1=N)n2C. The van der Waals surface area contributed by atoms with Crippen molar-refractivity contribution in [3.05, 3.63) is 89.9 Å². The van der Waals surface area contributed by atoms with Crippen molar-refractivity contribution in [2.75, 3.05) is 16.8 Å². The molecule has 1 aliphatic rings. The van der Waals surface area contributed by atoms with Crippen molar-refractivity contribution in [3.8, 4) is 0 Å². The lowest BCUT2D eigenvalue weighted by molar-refractivity contribution is 0.411. The Morgan fingerprint density at radius 2 is 1.68 bits per heavy atom. The summed E-state index contributed by atoms with van der Waals surface area (Å²) in [5, 5.41) is 22.8. The van der Waals surface area contributed by atoms with E-state index in [9.17, 15) is 5.11 Å². The standard InChI is InChI=1S/C25H23N5O/c1-16-8-13-21-20(14-16)28-25(29(21)2)23-22(31)15-30(24(23)26)19-11-9-18(10-12-19)27-17-6-4-3-5-7-17/h3-14,26-27,31H,15H2,1-2H3. The van der Waals surface area contributed by atoms with Gasteiger partial charge >= 0.3 is 0 Å². The van der Waals surface area contributed by atoms with Gasteiger partial charge in [0.05, 0.1) is 23.2 Å². The molecule has 0 atom stereocenters. The van der Waals surface area contributed by atoms with Gasteiger partial charge in [0.15, 0.2) is 0 Å². The quantitative estimate of drug-likeness (QED) is 0.422. The van der Waals surface area contributed by atoms with Crippen molar-refractivity contribution >= 4 is 39.5 Å². The van der Waals surface area contributed by atoms with Crippen LogP contribution in [0.25, 0.3) is 16.6 Å². The molecular formula is C25H23N5O. The molecule has 5 rings (SSSR count). The smallest absolute Gasteiger partial charge is 0.148 e. The molecule has 6 nitrogen and oxygen atoms in total. The maximum atomic E-state index is 10.7. The van der Waals surface area contributed by atoms with E-state index >= 15 is 0 Å². The molecule has 0 spiro atoms. The molecule has 1 aromatic heterocycles. The van der Waals surface area contributed by atoms with Gasteiger partial charge in [-0.2, -0.15) is 0 Å². The fourth-order valence-electron chi connectivity index (χ4n) is 3.98. The summed E-state index contributed by atoms with van der Waals surface area (Å²) in [7, 11) is 1.92. The van der Waals surface area contributed by atoms with Gasteiger partial charge in [-0.25, -0.2) is 4.98 Å². The predicted molar refractivity (Wildman–Crippen MR) is 126 cm³/mol. The third-order valence-electron chi connectivity index (χ3n) is 5.60. The molecule has 0 aliphatic carbocycles. The van der Waals surface area contributed by atoms with Gasteiger partial charge in [0.1, 0.15) is 17.4 Å². The Hall–Kier alpha value is -4.06. The first-order valence-corrected chi connectivity index (χ1v) is 10.2. The number of anilines is 3. The van der Waals surface area contributed by atoms with Gasteiger partial charge in [-0.15, -0.1) is 0 Å². The maximum Gasteiger partial charge on any atom is 0.148 e. The molecular weight excluding hydrogens is 386 g/mol. The van der Waals surface area contributed by atoms with Crippen molar-refractivity contribution in [1.29, 1.82) is 5.41 Å². The molecule has 0 radical (unpaired) electrons. The lowest BCUT2D eigenvalue weighted by Gasteiger charge is -2.19. The number of nitrogens with zero attached hydrogens (tertiary/aromatic N) is 3. The van der Waals surface area contributed by atoms with Crippen LogP contribution < -0.4 is 10.2 Å². The molecule has 154 valence electrons. The van der Waals surface area contributed by atoms with E-state index in [1.165, 1.54) is 0 Å². The summed E-state index contributed by atoms with van der Waals surface area (Å²) in [5.74, 6) is 1.01. The summed E-state index contributed by atoms with van der Waals surface area (Å²) in [6, 6.07) is 23.9. The van der Waals surface area contributed by atoms with Gasteiger partial charge in [-0.05, 0) is 61.0 Å². The monoisotopic (exact) mass is 409 g/mol. The second-order valence-corrected chi connectivity index (χ2v) is 7.78. The first-order chi connectivity index (χ1) is 15.0. The fraction of sp³-hybridized carbons (Fsp3) is 0.120. The molecule has 0 fully saturated rings. The van der Waals surface area contributed by atoms with E-state index < -0.39 is 0 Å². The number of amidine groups is 1. The zero-order chi connectivity index (χ0) is 21.5. The highest BCUT2D eigenvalue weighted by molar-refractivity contribution is 6.30. The second kappa shape index (κ2) is 7.32. The first-order valence-electron chi connectivity index (χ1n) is 10.2. The second-order valence-electron chi connectivity index (χ2n) is 7.78. The molecule has 0 amide bonds. The molecule has 1 aliphatic heterocycles. The Morgan fingerprint density at radius 3 is 2.42 bits per heavy atom. The molecule has 6 heteroatoms. The largest absolute Gasteiger partial charge is 0.509 e. The van der Waals surface area contributed by atoms with Crippen molar-refractivity contribution in [2.45, 2.75) is 6.92 Å². The van der Waals surface area contributed by atoms with E-state index in [-0.39, 0.29) is 18.1 Å². The number of nitrogens with one attached hydrogen (secondary N) is 2. The minimum Gasteiger partial charge on any atom is -0.509 e. The van der Waals surface area contributed by atoms with Gasteiger partial charge in [-0.1, -0.05) is 24.3 Å². The van der Waals surface area contributed by atoms with Crippen molar-refractivity contribution in [2.24, 2.45) is 7.05 Å². The van der Waals surface area contributed by atoms with Crippen LogP contribution in [0.5, 0.6) is 0 Å². The van der Waals surface area contributed by atoms with Crippen LogP contribution in [-0.4, -0.2) is 27.0 Å². The van der Waals surface area contributed by atoms with E-state index in [2.05, 4.69) is 5.32 Å². The van der Waals surface area contributed by atoms with E-state index in [1.54, 1.807) is 4.90 Å². The van der Waals surface area contributed by atoms with Crippen LogP contribution in [0.15, 0.2) is 78.6 Å². The molecule has 0 saturated heterocycles. The topological polar surface area (TPSA) is 77.2 Å². The number of hydrogen-bond acceptors (Lipinski definition) is 4. The Morgan fingerprint density at radius 1 is 0.968 bits per heavy atom. The minimum atomic E-state index is 0.159. The number of benzene rings is 3. The number of imidazole rings is 1. The Balaban J connectivity index is 1.41. The number of aryl methyl sites for hydroxylation is 2. The van der Waals surface area contributed by atoms with Crippen molar-refractivity contribution < 1.29 is 5.11 Å². The molecule has 3 aromatic carbocycles. The van der Waals surface area contributed by atoms with E-state index in [4.69, 9.17) is 10.4 Å². The number of aliphatic hydroxyl groups is 1. The summed E-state index contributed by atoms with van der Waals surface area (Å²) >= 11 is 0. The van der Waals surface area contributed by atoms with E-state index in [0.717, 1.165) is 33.7 Å². The van der Waals surface area contributed by atoms with Crippen LogP contribution in [0.4, 0.5) is 17.1 Å². The van der Waals surface area contributed by atoms with Gasteiger partial charge in [0.2, 0.25) is 0 Å². The molecule has 0 bridgehead atoms.